The van der Waals surface area contributed by atoms with E-state index < -0.39 is 33.7 Å². The van der Waals surface area contributed by atoms with Crippen molar-refractivity contribution in [1.82, 2.24) is 9.29 Å². The lowest BCUT2D eigenvalue weighted by Gasteiger charge is -2.23. The van der Waals surface area contributed by atoms with Crippen LogP contribution in [-0.4, -0.2) is 37.2 Å². The fourth-order valence-electron chi connectivity index (χ4n) is 3.41. The van der Waals surface area contributed by atoms with E-state index in [0.717, 1.165) is 5.56 Å². The minimum absolute atomic E-state index is 0.130. The van der Waals surface area contributed by atoms with Crippen molar-refractivity contribution >= 4 is 33.0 Å². The summed E-state index contributed by atoms with van der Waals surface area (Å²) in [5.41, 5.74) is 1.07. The van der Waals surface area contributed by atoms with Crippen LogP contribution < -0.4 is 5.32 Å². The molecular formula is C24H28N2O6S. The number of carbonyl (C=O) groups is 2. The number of amides is 1. The molecule has 176 valence electrons. The Bertz CT molecular complexity index is 1270. The van der Waals surface area contributed by atoms with E-state index in [4.69, 9.17) is 9.47 Å². The highest BCUT2D eigenvalue weighted by Crippen LogP contribution is 2.32. The van der Waals surface area contributed by atoms with Crippen LogP contribution in [0.25, 0.3) is 10.9 Å². The number of ether oxygens (including phenoxy) is 2. The first kappa shape index (κ1) is 24.3. The van der Waals surface area contributed by atoms with Crippen LogP contribution in [-0.2, 0) is 24.3 Å². The number of para-hydroxylation sites is 1. The van der Waals surface area contributed by atoms with Crippen LogP contribution in [0.2, 0.25) is 0 Å². The standard InChI is InChI=1S/C24H28N2O6S/c1-16-10-12-17(13-11-16)33(29,30)26-15-19(18-8-6-7-9-21(18)26)20(14-22(27)31-5)25-23(28)32-24(2,3)4/h6-13,15,20H,14H2,1-5H3,(H,25,28)/t20-/m0/s1. The topological polar surface area (TPSA) is 104 Å². The number of carbonyl (C=O) groups excluding carboxylic acids is 2. The third-order valence-corrected chi connectivity index (χ3v) is 6.64. The Morgan fingerprint density at radius 2 is 1.70 bits per heavy atom. The van der Waals surface area contributed by atoms with Gasteiger partial charge in [-0.05, 0) is 45.9 Å². The third kappa shape index (κ3) is 5.54. The smallest absolute Gasteiger partial charge is 0.408 e. The molecule has 0 bridgehead atoms. The lowest BCUT2D eigenvalue weighted by Crippen LogP contribution is -2.36. The van der Waals surface area contributed by atoms with Crippen molar-refractivity contribution in [3.63, 3.8) is 0 Å². The van der Waals surface area contributed by atoms with Gasteiger partial charge in [0, 0.05) is 17.1 Å². The van der Waals surface area contributed by atoms with Crippen LogP contribution in [0, 0.1) is 6.92 Å². The van der Waals surface area contributed by atoms with Crippen molar-refractivity contribution in [3.8, 4) is 0 Å². The number of alkyl carbamates (subject to hydrolysis) is 1. The number of nitrogens with one attached hydrogen (secondary N) is 1. The highest BCUT2D eigenvalue weighted by molar-refractivity contribution is 7.90. The highest BCUT2D eigenvalue weighted by atomic mass is 32.2. The predicted molar refractivity (Wildman–Crippen MR) is 124 cm³/mol. The minimum Gasteiger partial charge on any atom is -0.469 e. The van der Waals surface area contributed by atoms with Gasteiger partial charge in [-0.25, -0.2) is 17.2 Å². The molecule has 1 atom stereocenters. The maximum Gasteiger partial charge on any atom is 0.408 e. The zero-order valence-corrected chi connectivity index (χ0v) is 20.1. The van der Waals surface area contributed by atoms with Crippen molar-refractivity contribution in [2.24, 2.45) is 0 Å². The number of hydrogen-bond acceptors (Lipinski definition) is 6. The molecule has 3 aromatic rings. The monoisotopic (exact) mass is 472 g/mol. The summed E-state index contributed by atoms with van der Waals surface area (Å²) in [5.74, 6) is -0.561. The molecule has 0 unspecified atom stereocenters. The number of aromatic nitrogens is 1. The van der Waals surface area contributed by atoms with Gasteiger partial charge in [0.2, 0.25) is 0 Å². The van der Waals surface area contributed by atoms with E-state index in [0.29, 0.717) is 16.5 Å². The van der Waals surface area contributed by atoms with Gasteiger partial charge in [-0.3, -0.25) is 4.79 Å². The molecule has 0 saturated heterocycles. The fraction of sp³-hybridized carbons (Fsp3) is 0.333. The Kier molecular flexibility index (Phi) is 6.83. The van der Waals surface area contributed by atoms with E-state index in [1.165, 1.54) is 17.3 Å². The molecule has 0 spiro atoms. The maximum absolute atomic E-state index is 13.4. The number of aryl methyl sites for hydroxylation is 1. The summed E-state index contributed by atoms with van der Waals surface area (Å²) in [6.45, 7) is 7.05. The van der Waals surface area contributed by atoms with E-state index in [-0.39, 0.29) is 11.3 Å². The predicted octanol–water partition coefficient (Wildman–Crippen LogP) is 4.32. The molecule has 0 aliphatic heterocycles. The van der Waals surface area contributed by atoms with Gasteiger partial charge >= 0.3 is 12.1 Å². The van der Waals surface area contributed by atoms with E-state index in [2.05, 4.69) is 5.32 Å². The highest BCUT2D eigenvalue weighted by Gasteiger charge is 2.28. The van der Waals surface area contributed by atoms with Crippen LogP contribution in [0.15, 0.2) is 59.6 Å². The van der Waals surface area contributed by atoms with E-state index in [1.54, 1.807) is 69.3 Å². The van der Waals surface area contributed by atoms with Gasteiger partial charge in [-0.1, -0.05) is 35.9 Å². The molecule has 3 rings (SSSR count). The van der Waals surface area contributed by atoms with Crippen molar-refractivity contribution in [2.75, 3.05) is 7.11 Å². The molecule has 0 aliphatic rings. The summed E-state index contributed by atoms with van der Waals surface area (Å²) in [6, 6.07) is 12.6. The molecule has 1 N–H and O–H groups in total. The molecule has 8 nitrogen and oxygen atoms in total. The second kappa shape index (κ2) is 9.27. The summed E-state index contributed by atoms with van der Waals surface area (Å²) in [5, 5.41) is 3.27. The second-order valence-corrected chi connectivity index (χ2v) is 10.5. The van der Waals surface area contributed by atoms with Gasteiger partial charge in [-0.2, -0.15) is 0 Å². The van der Waals surface area contributed by atoms with Gasteiger partial charge in [0.05, 0.1) is 30.0 Å². The SMILES string of the molecule is COC(=O)C[C@H](NC(=O)OC(C)(C)C)c1cn(S(=O)(=O)c2ccc(C)cc2)c2ccccc12. The number of nitrogens with zero attached hydrogens (tertiary/aromatic N) is 1. The van der Waals surface area contributed by atoms with E-state index in [9.17, 15) is 18.0 Å². The maximum atomic E-state index is 13.4. The number of benzene rings is 2. The largest absolute Gasteiger partial charge is 0.469 e. The van der Waals surface area contributed by atoms with Gasteiger partial charge < -0.3 is 14.8 Å². The van der Waals surface area contributed by atoms with Gasteiger partial charge in [0.15, 0.2) is 0 Å². The number of methoxy groups -OCH3 is 1. The Labute approximate surface area is 193 Å². The van der Waals surface area contributed by atoms with Gasteiger partial charge in [0.1, 0.15) is 5.60 Å². The summed E-state index contributed by atoms with van der Waals surface area (Å²) >= 11 is 0. The van der Waals surface area contributed by atoms with Gasteiger partial charge in [-0.15, -0.1) is 0 Å². The molecule has 0 aliphatic carbocycles. The third-order valence-electron chi connectivity index (χ3n) is 4.95. The molecule has 1 amide bonds. The summed E-state index contributed by atoms with van der Waals surface area (Å²) in [7, 11) is -2.68. The zero-order valence-electron chi connectivity index (χ0n) is 19.3. The first-order valence-corrected chi connectivity index (χ1v) is 11.8. The van der Waals surface area contributed by atoms with Crippen LogP contribution in [0.5, 0.6) is 0 Å². The van der Waals surface area contributed by atoms with Crippen molar-refractivity contribution in [2.45, 2.75) is 50.7 Å². The molecule has 0 fully saturated rings. The Morgan fingerprint density at radius 3 is 2.30 bits per heavy atom. The Hall–Kier alpha value is -3.33. The van der Waals surface area contributed by atoms with Crippen LogP contribution in [0.1, 0.15) is 44.4 Å². The van der Waals surface area contributed by atoms with Crippen molar-refractivity contribution < 1.29 is 27.5 Å². The second-order valence-electron chi connectivity index (χ2n) is 8.69. The molecule has 1 heterocycles. The van der Waals surface area contributed by atoms with Gasteiger partial charge in [0.25, 0.3) is 10.0 Å². The van der Waals surface area contributed by atoms with Crippen LogP contribution >= 0.6 is 0 Å². The first-order chi connectivity index (χ1) is 15.4. The number of rotatable bonds is 6. The summed E-state index contributed by atoms with van der Waals surface area (Å²) in [4.78, 5) is 24.7. The lowest BCUT2D eigenvalue weighted by molar-refractivity contribution is -0.141. The number of hydrogen-bond donors (Lipinski definition) is 1. The quantitative estimate of drug-likeness (QED) is 0.536. The van der Waals surface area contributed by atoms with Crippen molar-refractivity contribution in [1.29, 1.82) is 0 Å². The van der Waals surface area contributed by atoms with E-state index in [1.807, 2.05) is 6.92 Å². The molecular weight excluding hydrogens is 444 g/mol. The number of fused-ring (bicyclic) bond motifs is 1. The Morgan fingerprint density at radius 1 is 1.06 bits per heavy atom. The summed E-state index contributed by atoms with van der Waals surface area (Å²) in [6.07, 6.45) is 0.508. The molecule has 0 saturated carbocycles. The van der Waals surface area contributed by atoms with E-state index >= 15 is 0 Å². The normalized spacial score (nSPS) is 12.9. The molecule has 9 heteroatoms. The average Bonchev–Trinajstić information content (AvgIpc) is 3.12. The van der Waals surface area contributed by atoms with Crippen LogP contribution in [0.4, 0.5) is 4.79 Å². The summed E-state index contributed by atoms with van der Waals surface area (Å²) < 4.78 is 38.2. The fourth-order valence-corrected chi connectivity index (χ4v) is 4.79. The zero-order chi connectivity index (χ0) is 24.4. The molecule has 2 aromatic carbocycles. The minimum atomic E-state index is -3.93. The lowest BCUT2D eigenvalue weighted by atomic mass is 10.0. The molecule has 33 heavy (non-hydrogen) atoms. The molecule has 1 aromatic heterocycles. The average molecular weight is 473 g/mol. The van der Waals surface area contributed by atoms with Crippen LogP contribution in [0.3, 0.4) is 0 Å². The molecule has 0 radical (unpaired) electrons. The number of esters is 1. The van der Waals surface area contributed by atoms with Crippen molar-refractivity contribution in [3.05, 3.63) is 65.9 Å². The Balaban J connectivity index is 2.12. The first-order valence-electron chi connectivity index (χ1n) is 10.4.